The molecule has 0 fully saturated rings. The van der Waals surface area contributed by atoms with E-state index in [-0.39, 0.29) is 17.5 Å². The quantitative estimate of drug-likeness (QED) is 0.494. The number of nitrogens with one attached hydrogen (secondary N) is 2. The fourth-order valence-corrected chi connectivity index (χ4v) is 4.27. The Balaban J connectivity index is 1.49. The Bertz CT molecular complexity index is 1090. The minimum Gasteiger partial charge on any atom is -0.481 e. The van der Waals surface area contributed by atoms with E-state index in [1.54, 1.807) is 6.20 Å². The third-order valence-corrected chi connectivity index (χ3v) is 5.85. The first-order chi connectivity index (χ1) is 15.5. The molecule has 0 spiro atoms. The van der Waals surface area contributed by atoms with Gasteiger partial charge in [0.15, 0.2) is 0 Å². The molecule has 5 nitrogen and oxygen atoms in total. The predicted octanol–water partition coefficient (Wildman–Crippen LogP) is 4.14. The summed E-state index contributed by atoms with van der Waals surface area (Å²) in [7, 11) is 0. The Hall–Kier alpha value is -3.32. The summed E-state index contributed by atoms with van der Waals surface area (Å²) in [5.74, 6) is -2.40. The molecule has 2 aromatic carbocycles. The fourth-order valence-electron chi connectivity index (χ4n) is 4.27. The number of carbonyl (C=O) groups is 1. The molecule has 3 N–H and O–H groups in total. The van der Waals surface area contributed by atoms with Gasteiger partial charge in [0, 0.05) is 30.8 Å². The third-order valence-electron chi connectivity index (χ3n) is 5.85. The van der Waals surface area contributed by atoms with Crippen molar-refractivity contribution in [1.82, 2.24) is 10.3 Å². The average molecular weight is 437 g/mol. The Labute approximate surface area is 185 Å². The van der Waals surface area contributed by atoms with E-state index in [0.29, 0.717) is 18.5 Å². The van der Waals surface area contributed by atoms with Crippen LogP contribution in [-0.2, 0) is 24.1 Å². The standard InChI is InChI=1S/C25H25F2N3O2/c26-20-14-21(27)18(13-24(31)32)11-17(20)8-10-29-25(16-5-2-1-3-6-16)19-12-23-22(30-15-19)7-4-9-28-23/h1-7,9,11,14,19,25,29-30H,8,10,12-13,15H2,(H,31,32)/t19-,25-/m1/s1. The van der Waals surface area contributed by atoms with Gasteiger partial charge in [-0.25, -0.2) is 8.78 Å². The number of anilines is 1. The second kappa shape index (κ2) is 9.87. The summed E-state index contributed by atoms with van der Waals surface area (Å²) in [6.07, 6.45) is 2.44. The van der Waals surface area contributed by atoms with Gasteiger partial charge in [-0.15, -0.1) is 0 Å². The number of aliphatic carboxylic acids is 1. The van der Waals surface area contributed by atoms with Crippen LogP contribution in [0, 0.1) is 17.6 Å². The SMILES string of the molecule is O=C(O)Cc1cc(CCN[C@H](c2ccccc2)[C@H]2CNc3cccnc3C2)c(F)cc1F. The van der Waals surface area contributed by atoms with E-state index < -0.39 is 24.0 Å². The van der Waals surface area contributed by atoms with Crippen LogP contribution in [0.1, 0.15) is 28.4 Å². The van der Waals surface area contributed by atoms with Crippen molar-refractivity contribution in [2.75, 3.05) is 18.4 Å². The van der Waals surface area contributed by atoms with Gasteiger partial charge in [-0.2, -0.15) is 0 Å². The van der Waals surface area contributed by atoms with Gasteiger partial charge >= 0.3 is 5.97 Å². The van der Waals surface area contributed by atoms with Crippen LogP contribution in [-0.4, -0.2) is 29.1 Å². The van der Waals surface area contributed by atoms with Crippen LogP contribution in [0.25, 0.3) is 0 Å². The molecular formula is C25H25F2N3O2. The molecule has 0 bridgehead atoms. The van der Waals surface area contributed by atoms with Gasteiger partial charge in [-0.05, 0) is 54.3 Å². The molecule has 1 aliphatic heterocycles. The van der Waals surface area contributed by atoms with E-state index in [1.807, 2.05) is 30.3 Å². The molecule has 0 aliphatic carbocycles. The number of hydrogen-bond donors (Lipinski definition) is 3. The predicted molar refractivity (Wildman–Crippen MR) is 119 cm³/mol. The van der Waals surface area contributed by atoms with Gasteiger partial charge < -0.3 is 15.7 Å². The van der Waals surface area contributed by atoms with Gasteiger partial charge in [0.05, 0.1) is 17.8 Å². The lowest BCUT2D eigenvalue weighted by Gasteiger charge is -2.33. The maximum atomic E-state index is 14.3. The number of halogens is 2. The van der Waals surface area contributed by atoms with Crippen molar-refractivity contribution >= 4 is 11.7 Å². The van der Waals surface area contributed by atoms with Crippen LogP contribution in [0.4, 0.5) is 14.5 Å². The van der Waals surface area contributed by atoms with Crippen molar-refractivity contribution in [3.8, 4) is 0 Å². The summed E-state index contributed by atoms with van der Waals surface area (Å²) < 4.78 is 28.2. The smallest absolute Gasteiger partial charge is 0.307 e. The van der Waals surface area contributed by atoms with Crippen LogP contribution in [0.15, 0.2) is 60.8 Å². The average Bonchev–Trinajstić information content (AvgIpc) is 2.79. The number of benzene rings is 2. The second-order valence-electron chi connectivity index (χ2n) is 8.04. The highest BCUT2D eigenvalue weighted by atomic mass is 19.1. The van der Waals surface area contributed by atoms with Crippen LogP contribution in [0.2, 0.25) is 0 Å². The van der Waals surface area contributed by atoms with Crippen molar-refractivity contribution < 1.29 is 18.7 Å². The number of pyridine rings is 1. The first-order valence-electron chi connectivity index (χ1n) is 10.7. The Morgan fingerprint density at radius 2 is 1.91 bits per heavy atom. The second-order valence-corrected chi connectivity index (χ2v) is 8.04. The largest absolute Gasteiger partial charge is 0.481 e. The molecule has 0 saturated heterocycles. The highest BCUT2D eigenvalue weighted by Gasteiger charge is 2.27. The lowest BCUT2D eigenvalue weighted by atomic mass is 9.86. The zero-order chi connectivity index (χ0) is 22.5. The zero-order valence-corrected chi connectivity index (χ0v) is 17.5. The summed E-state index contributed by atoms with van der Waals surface area (Å²) in [6, 6.07) is 16.1. The van der Waals surface area contributed by atoms with Crippen LogP contribution >= 0.6 is 0 Å². The van der Waals surface area contributed by atoms with Crippen molar-refractivity contribution in [1.29, 1.82) is 0 Å². The minimum absolute atomic E-state index is 0.00679. The summed E-state index contributed by atoms with van der Waals surface area (Å²) in [6.45, 7) is 1.24. The van der Waals surface area contributed by atoms with E-state index in [1.165, 1.54) is 6.07 Å². The van der Waals surface area contributed by atoms with E-state index >= 15 is 0 Å². The maximum Gasteiger partial charge on any atom is 0.307 e. The van der Waals surface area contributed by atoms with Crippen LogP contribution in [0.5, 0.6) is 0 Å². The molecule has 166 valence electrons. The molecule has 3 aromatic rings. The molecule has 0 radical (unpaired) electrons. The van der Waals surface area contributed by atoms with E-state index in [0.717, 1.165) is 36.0 Å². The first-order valence-corrected chi connectivity index (χ1v) is 10.7. The number of carboxylic acid groups (broad SMARTS) is 1. The van der Waals surface area contributed by atoms with Gasteiger partial charge in [0.1, 0.15) is 11.6 Å². The lowest BCUT2D eigenvalue weighted by Crippen LogP contribution is -2.37. The fraction of sp³-hybridized carbons (Fsp3) is 0.280. The van der Waals surface area contributed by atoms with E-state index in [4.69, 9.17) is 5.11 Å². The maximum absolute atomic E-state index is 14.3. The van der Waals surface area contributed by atoms with Crippen molar-refractivity contribution in [3.05, 3.63) is 94.8 Å². The van der Waals surface area contributed by atoms with Crippen molar-refractivity contribution in [3.63, 3.8) is 0 Å². The molecule has 0 unspecified atom stereocenters. The number of rotatable bonds is 8. The molecule has 32 heavy (non-hydrogen) atoms. The lowest BCUT2D eigenvalue weighted by molar-refractivity contribution is -0.136. The van der Waals surface area contributed by atoms with Gasteiger partial charge in [0.2, 0.25) is 0 Å². The third kappa shape index (κ3) is 5.11. The summed E-state index contributed by atoms with van der Waals surface area (Å²) >= 11 is 0. The molecule has 1 aromatic heterocycles. The normalized spacial score (nSPS) is 16.1. The van der Waals surface area contributed by atoms with Crippen molar-refractivity contribution in [2.24, 2.45) is 5.92 Å². The van der Waals surface area contributed by atoms with E-state index in [9.17, 15) is 13.6 Å². The number of carboxylic acids is 1. The molecular weight excluding hydrogens is 412 g/mol. The Morgan fingerprint density at radius 1 is 1.12 bits per heavy atom. The summed E-state index contributed by atoms with van der Waals surface area (Å²) in [4.78, 5) is 15.5. The molecule has 1 aliphatic rings. The van der Waals surface area contributed by atoms with Gasteiger partial charge in [-0.3, -0.25) is 9.78 Å². The molecule has 7 heteroatoms. The van der Waals surface area contributed by atoms with E-state index in [2.05, 4.69) is 27.8 Å². The summed E-state index contributed by atoms with van der Waals surface area (Å²) in [5, 5.41) is 16.0. The number of nitrogens with zero attached hydrogens (tertiary/aromatic N) is 1. The van der Waals surface area contributed by atoms with Gasteiger partial charge in [-0.1, -0.05) is 30.3 Å². The molecule has 2 heterocycles. The highest BCUT2D eigenvalue weighted by molar-refractivity contribution is 5.70. The van der Waals surface area contributed by atoms with Crippen LogP contribution < -0.4 is 10.6 Å². The molecule has 4 rings (SSSR count). The Morgan fingerprint density at radius 3 is 2.69 bits per heavy atom. The number of hydrogen-bond acceptors (Lipinski definition) is 4. The summed E-state index contributed by atoms with van der Waals surface area (Å²) in [5.41, 5.74) is 3.50. The Kier molecular flexibility index (Phi) is 6.75. The zero-order valence-electron chi connectivity index (χ0n) is 17.5. The van der Waals surface area contributed by atoms with Gasteiger partial charge in [0.25, 0.3) is 0 Å². The molecule has 0 saturated carbocycles. The first kappa shape index (κ1) is 21.9. The topological polar surface area (TPSA) is 74.2 Å². The minimum atomic E-state index is -1.15. The molecule has 0 amide bonds. The van der Waals surface area contributed by atoms with Crippen LogP contribution in [0.3, 0.4) is 0 Å². The highest BCUT2D eigenvalue weighted by Crippen LogP contribution is 2.31. The molecule has 2 atom stereocenters. The van der Waals surface area contributed by atoms with Crippen molar-refractivity contribution in [2.45, 2.75) is 25.3 Å². The monoisotopic (exact) mass is 437 g/mol. The number of fused-ring (bicyclic) bond motifs is 1. The number of aromatic nitrogens is 1.